The number of esters is 1. The quantitative estimate of drug-likeness (QED) is 0.628. The van der Waals surface area contributed by atoms with Crippen molar-refractivity contribution in [3.05, 3.63) is 0 Å². The molecular formula is C7H12O6S. The molecule has 0 spiro atoms. The van der Waals surface area contributed by atoms with E-state index in [0.29, 0.717) is 0 Å². The predicted molar refractivity (Wildman–Crippen MR) is 47.5 cm³/mol. The summed E-state index contributed by atoms with van der Waals surface area (Å²) in [4.78, 5) is 20.7. The lowest BCUT2D eigenvalue weighted by atomic mass is 10.5. The van der Waals surface area contributed by atoms with Gasteiger partial charge in [0.25, 0.3) is 0 Å². The van der Waals surface area contributed by atoms with E-state index in [-0.39, 0.29) is 6.61 Å². The van der Waals surface area contributed by atoms with Crippen molar-refractivity contribution in [2.75, 3.05) is 12.4 Å². The number of carbonyl (C=O) groups is 2. The number of aliphatic carboxylic acids is 1. The minimum absolute atomic E-state index is 0.310. The first-order valence-corrected chi connectivity index (χ1v) is 5.56. The highest BCUT2D eigenvalue weighted by Gasteiger charge is 2.27. The van der Waals surface area contributed by atoms with Crippen molar-refractivity contribution >= 4 is 21.8 Å². The average Bonchev–Trinajstić information content (AvgIpc) is 2.01. The summed E-state index contributed by atoms with van der Waals surface area (Å²) in [6.45, 7) is 1.91. The largest absolute Gasteiger partial charge is 0.480 e. The molecule has 14 heavy (non-hydrogen) atoms. The van der Waals surface area contributed by atoms with Crippen molar-refractivity contribution in [3.63, 3.8) is 0 Å². The average molecular weight is 224 g/mol. The Balaban J connectivity index is 4.22. The van der Waals surface area contributed by atoms with Crippen molar-refractivity contribution in [3.8, 4) is 0 Å². The van der Waals surface area contributed by atoms with Crippen LogP contribution in [-0.2, 0) is 24.2 Å². The highest BCUT2D eigenvalue weighted by Crippen LogP contribution is 2.02. The number of sulfone groups is 1. The summed E-state index contributed by atoms with van der Waals surface area (Å²) in [5.74, 6) is -2.48. The summed E-state index contributed by atoms with van der Waals surface area (Å²) in [7, 11) is -3.73. The number of hydrogen-bond acceptors (Lipinski definition) is 5. The van der Waals surface area contributed by atoms with Crippen LogP contribution in [0.4, 0.5) is 0 Å². The highest BCUT2D eigenvalue weighted by atomic mass is 32.2. The van der Waals surface area contributed by atoms with Crippen molar-refractivity contribution in [2.24, 2.45) is 0 Å². The molecular weight excluding hydrogens is 212 g/mol. The minimum atomic E-state index is -3.73. The Bertz CT molecular complexity index is 317. The van der Waals surface area contributed by atoms with E-state index in [1.165, 1.54) is 0 Å². The molecule has 1 N–H and O–H groups in total. The lowest BCUT2D eigenvalue weighted by molar-refractivity contribution is -0.140. The van der Waals surface area contributed by atoms with Gasteiger partial charge in [0, 0.05) is 6.92 Å². The normalized spacial score (nSPS) is 13.3. The molecule has 0 rings (SSSR count). The van der Waals surface area contributed by atoms with Crippen molar-refractivity contribution in [2.45, 2.75) is 19.1 Å². The van der Waals surface area contributed by atoms with Crippen LogP contribution in [0.3, 0.4) is 0 Å². The molecule has 0 aliphatic heterocycles. The highest BCUT2D eigenvalue weighted by molar-refractivity contribution is 7.92. The second-order valence-corrected chi connectivity index (χ2v) is 5.13. The Labute approximate surface area is 81.8 Å². The molecule has 82 valence electrons. The summed E-state index contributed by atoms with van der Waals surface area (Å²) in [6.07, 6.45) is 0. The monoisotopic (exact) mass is 224 g/mol. The van der Waals surface area contributed by atoms with Gasteiger partial charge >= 0.3 is 11.9 Å². The number of carboxylic acids is 1. The summed E-state index contributed by atoms with van der Waals surface area (Å²) in [6, 6.07) is 0. The summed E-state index contributed by atoms with van der Waals surface area (Å²) in [5, 5.41) is 6.97. The van der Waals surface area contributed by atoms with Gasteiger partial charge < -0.3 is 9.84 Å². The SMILES string of the molecule is CC(=O)OCCS(=O)(=O)C(C)C(=O)O. The molecule has 0 aromatic rings. The molecule has 0 heterocycles. The maximum absolute atomic E-state index is 11.2. The molecule has 0 aliphatic rings. The smallest absolute Gasteiger partial charge is 0.321 e. The van der Waals surface area contributed by atoms with Gasteiger partial charge in [0.15, 0.2) is 15.1 Å². The molecule has 0 saturated heterocycles. The van der Waals surface area contributed by atoms with Gasteiger partial charge in [-0.1, -0.05) is 0 Å². The summed E-state index contributed by atoms with van der Waals surface area (Å²) in [5.41, 5.74) is 0. The first kappa shape index (κ1) is 12.9. The van der Waals surface area contributed by atoms with Gasteiger partial charge in [0.05, 0.1) is 5.75 Å². The van der Waals surface area contributed by atoms with E-state index in [1.807, 2.05) is 0 Å². The third-order valence-corrected chi connectivity index (χ3v) is 3.57. The molecule has 0 fully saturated rings. The Morgan fingerprint density at radius 3 is 2.29 bits per heavy atom. The zero-order chi connectivity index (χ0) is 11.4. The number of rotatable bonds is 5. The molecule has 7 heteroatoms. The van der Waals surface area contributed by atoms with Crippen LogP contribution in [0.1, 0.15) is 13.8 Å². The van der Waals surface area contributed by atoms with E-state index in [9.17, 15) is 18.0 Å². The summed E-state index contributed by atoms with van der Waals surface area (Å²) < 4.78 is 26.8. The molecule has 6 nitrogen and oxygen atoms in total. The Kier molecular flexibility index (Phi) is 4.55. The molecule has 0 aliphatic carbocycles. The fourth-order valence-electron chi connectivity index (χ4n) is 0.632. The van der Waals surface area contributed by atoms with Crippen LogP contribution in [0.5, 0.6) is 0 Å². The van der Waals surface area contributed by atoms with Gasteiger partial charge in [-0.25, -0.2) is 8.42 Å². The van der Waals surface area contributed by atoms with Crippen LogP contribution in [0, 0.1) is 0 Å². The number of hydrogen-bond donors (Lipinski definition) is 1. The number of carboxylic acid groups (broad SMARTS) is 1. The van der Waals surface area contributed by atoms with Crippen molar-refractivity contribution in [1.29, 1.82) is 0 Å². The van der Waals surface area contributed by atoms with Crippen LogP contribution in [-0.4, -0.2) is 43.1 Å². The molecule has 0 bridgehead atoms. The van der Waals surface area contributed by atoms with Gasteiger partial charge in [0.1, 0.15) is 6.61 Å². The fourth-order valence-corrected chi connectivity index (χ4v) is 1.61. The van der Waals surface area contributed by atoms with Crippen molar-refractivity contribution < 1.29 is 27.9 Å². The molecule has 1 unspecified atom stereocenters. The zero-order valence-electron chi connectivity index (χ0n) is 7.89. The maximum Gasteiger partial charge on any atom is 0.321 e. The van der Waals surface area contributed by atoms with Crippen LogP contribution in [0.15, 0.2) is 0 Å². The molecule has 0 aromatic carbocycles. The lowest BCUT2D eigenvalue weighted by Gasteiger charge is -2.07. The molecule has 0 radical (unpaired) electrons. The second kappa shape index (κ2) is 4.94. The van der Waals surface area contributed by atoms with E-state index < -0.39 is 32.8 Å². The van der Waals surface area contributed by atoms with E-state index in [4.69, 9.17) is 5.11 Å². The van der Waals surface area contributed by atoms with Gasteiger partial charge in [-0.05, 0) is 6.92 Å². The first-order chi connectivity index (χ1) is 6.27. The second-order valence-electron chi connectivity index (χ2n) is 2.69. The van der Waals surface area contributed by atoms with Crippen LogP contribution >= 0.6 is 0 Å². The molecule has 1 atom stereocenters. The van der Waals surface area contributed by atoms with Gasteiger partial charge in [-0.3, -0.25) is 9.59 Å². The standard InChI is InChI=1S/C7H12O6S/c1-5(7(9)10)14(11,12)4-3-13-6(2)8/h5H,3-4H2,1-2H3,(H,9,10). The topological polar surface area (TPSA) is 97.7 Å². The van der Waals surface area contributed by atoms with Crippen LogP contribution in [0.25, 0.3) is 0 Å². The van der Waals surface area contributed by atoms with Gasteiger partial charge in [-0.2, -0.15) is 0 Å². The fraction of sp³-hybridized carbons (Fsp3) is 0.714. The van der Waals surface area contributed by atoms with Crippen LogP contribution in [0.2, 0.25) is 0 Å². The van der Waals surface area contributed by atoms with Gasteiger partial charge in [-0.15, -0.1) is 0 Å². The Morgan fingerprint density at radius 2 is 1.93 bits per heavy atom. The van der Waals surface area contributed by atoms with Crippen LogP contribution < -0.4 is 0 Å². The number of carbonyl (C=O) groups excluding carboxylic acids is 1. The Hall–Kier alpha value is -1.11. The zero-order valence-corrected chi connectivity index (χ0v) is 8.70. The molecule has 0 amide bonds. The van der Waals surface area contributed by atoms with E-state index in [0.717, 1.165) is 13.8 Å². The van der Waals surface area contributed by atoms with E-state index in [1.54, 1.807) is 0 Å². The van der Waals surface area contributed by atoms with E-state index in [2.05, 4.69) is 4.74 Å². The minimum Gasteiger partial charge on any atom is -0.480 e. The predicted octanol–water partition coefficient (Wildman–Crippen LogP) is -0.563. The van der Waals surface area contributed by atoms with E-state index >= 15 is 0 Å². The Morgan fingerprint density at radius 1 is 1.43 bits per heavy atom. The number of ether oxygens (including phenoxy) is 1. The first-order valence-electron chi connectivity index (χ1n) is 3.85. The molecule has 0 aromatic heterocycles. The molecule has 0 saturated carbocycles. The lowest BCUT2D eigenvalue weighted by Crippen LogP contribution is -2.30. The van der Waals surface area contributed by atoms with Gasteiger partial charge in [0.2, 0.25) is 0 Å². The maximum atomic E-state index is 11.2. The third kappa shape index (κ3) is 4.22. The third-order valence-electron chi connectivity index (χ3n) is 1.56. The summed E-state index contributed by atoms with van der Waals surface area (Å²) >= 11 is 0. The van der Waals surface area contributed by atoms with Crippen molar-refractivity contribution in [1.82, 2.24) is 0 Å².